The Kier molecular flexibility index (Phi) is 7.56. The molecule has 1 saturated heterocycles. The first-order chi connectivity index (χ1) is 18.4. The molecule has 9 heteroatoms. The first-order valence-electron chi connectivity index (χ1n) is 13.3. The quantitative estimate of drug-likeness (QED) is 0.478. The third-order valence-electron chi connectivity index (χ3n) is 7.27. The number of benzene rings is 1. The van der Waals surface area contributed by atoms with Crippen LogP contribution < -0.4 is 15.0 Å². The monoisotopic (exact) mass is 520 g/mol. The minimum absolute atomic E-state index is 0.0514. The zero-order chi connectivity index (χ0) is 26.8. The van der Waals surface area contributed by atoms with Gasteiger partial charge in [-0.25, -0.2) is 8.78 Å². The predicted molar refractivity (Wildman–Crippen MR) is 148 cm³/mol. The summed E-state index contributed by atoms with van der Waals surface area (Å²) >= 11 is 0. The molecule has 1 aromatic carbocycles. The minimum atomic E-state index is -0.608. The van der Waals surface area contributed by atoms with E-state index in [0.29, 0.717) is 42.0 Å². The number of nitrogens with one attached hydrogen (secondary N) is 1. The van der Waals surface area contributed by atoms with Crippen molar-refractivity contribution in [2.75, 3.05) is 42.9 Å². The zero-order valence-corrected chi connectivity index (χ0v) is 22.4. The van der Waals surface area contributed by atoms with Crippen LogP contribution in [-0.4, -0.2) is 59.5 Å². The van der Waals surface area contributed by atoms with Crippen LogP contribution in [0.5, 0.6) is 11.8 Å². The maximum atomic E-state index is 15.3. The van der Waals surface area contributed by atoms with Crippen LogP contribution in [-0.2, 0) is 6.42 Å². The first-order valence-corrected chi connectivity index (χ1v) is 13.3. The van der Waals surface area contributed by atoms with E-state index in [1.165, 1.54) is 0 Å². The lowest BCUT2D eigenvalue weighted by molar-refractivity contribution is 0.232. The first kappa shape index (κ1) is 26.0. The van der Waals surface area contributed by atoms with Crippen LogP contribution in [0.1, 0.15) is 45.2 Å². The summed E-state index contributed by atoms with van der Waals surface area (Å²) in [5.41, 5.74) is 2.57. The lowest BCUT2D eigenvalue weighted by atomic mass is 10.1. The highest BCUT2D eigenvalue weighted by Crippen LogP contribution is 2.36. The molecule has 3 aliphatic rings. The maximum Gasteiger partial charge on any atom is 0.326 e. The lowest BCUT2D eigenvalue weighted by Gasteiger charge is -2.26. The number of amidine groups is 1. The summed E-state index contributed by atoms with van der Waals surface area (Å²) in [6.07, 6.45) is 9.01. The fourth-order valence-electron chi connectivity index (χ4n) is 5.38. The smallest absolute Gasteiger partial charge is 0.326 e. The van der Waals surface area contributed by atoms with Gasteiger partial charge in [-0.05, 0) is 51.4 Å². The van der Waals surface area contributed by atoms with Crippen molar-refractivity contribution in [3.8, 4) is 11.8 Å². The predicted octanol–water partition coefficient (Wildman–Crippen LogP) is 5.75. The van der Waals surface area contributed by atoms with E-state index in [1.54, 1.807) is 6.08 Å². The highest BCUT2D eigenvalue weighted by molar-refractivity contribution is 6.05. The topological polar surface area (TPSA) is 65.9 Å². The van der Waals surface area contributed by atoms with Gasteiger partial charge in [0.15, 0.2) is 11.6 Å². The van der Waals surface area contributed by atoms with Crippen LogP contribution in [0.15, 0.2) is 46.5 Å². The van der Waals surface area contributed by atoms with Gasteiger partial charge in [0.1, 0.15) is 23.3 Å². The third-order valence-corrected chi connectivity index (χ3v) is 7.27. The van der Waals surface area contributed by atoms with Gasteiger partial charge in [0.25, 0.3) is 0 Å². The minimum Gasteiger partial charge on any atom is -0.421 e. The summed E-state index contributed by atoms with van der Waals surface area (Å²) in [7, 11) is 0. The molecule has 0 spiro atoms. The Morgan fingerprint density at radius 1 is 1.18 bits per heavy atom. The van der Waals surface area contributed by atoms with E-state index in [-0.39, 0.29) is 17.3 Å². The van der Waals surface area contributed by atoms with Crippen LogP contribution >= 0.6 is 0 Å². The van der Waals surface area contributed by atoms with Crippen molar-refractivity contribution in [2.24, 2.45) is 4.99 Å². The van der Waals surface area contributed by atoms with E-state index < -0.39 is 11.6 Å². The van der Waals surface area contributed by atoms with Gasteiger partial charge in [-0.3, -0.25) is 9.89 Å². The number of aromatic nitrogens is 2. The molecule has 1 aliphatic carbocycles. The second kappa shape index (κ2) is 11.0. The number of hydrogen-bond donors (Lipinski definition) is 1. The highest BCUT2D eigenvalue weighted by atomic mass is 19.1. The molecule has 0 bridgehead atoms. The molecular weight excluding hydrogens is 486 g/mol. The molecule has 7 nitrogen and oxygen atoms in total. The number of halogens is 2. The largest absolute Gasteiger partial charge is 0.421 e. The van der Waals surface area contributed by atoms with Gasteiger partial charge in [-0.2, -0.15) is 9.97 Å². The molecule has 200 valence electrons. The molecule has 38 heavy (non-hydrogen) atoms. The molecule has 1 aromatic heterocycles. The number of fused-ring (bicyclic) bond motifs is 1. The summed E-state index contributed by atoms with van der Waals surface area (Å²) in [6.45, 7) is 12.4. The number of allylic oxidation sites excluding steroid dienone is 2. The van der Waals surface area contributed by atoms with Crippen molar-refractivity contribution in [3.05, 3.63) is 64.3 Å². The van der Waals surface area contributed by atoms with Gasteiger partial charge in [0.05, 0.1) is 6.54 Å². The van der Waals surface area contributed by atoms with Crippen molar-refractivity contribution in [2.45, 2.75) is 46.6 Å². The van der Waals surface area contributed by atoms with E-state index in [2.05, 4.69) is 43.9 Å². The average Bonchev–Trinajstić information content (AvgIpc) is 3.64. The fraction of sp³-hybridized carbons (Fsp3) is 0.414. The average molecular weight is 521 g/mol. The number of ether oxygens (including phenoxy) is 1. The second-order valence-corrected chi connectivity index (χ2v) is 9.88. The van der Waals surface area contributed by atoms with Crippen molar-refractivity contribution < 1.29 is 13.5 Å². The molecule has 5 rings (SSSR count). The van der Waals surface area contributed by atoms with Crippen LogP contribution in [0.4, 0.5) is 20.4 Å². The van der Waals surface area contributed by atoms with Crippen molar-refractivity contribution in [1.29, 1.82) is 0 Å². The Morgan fingerprint density at radius 2 is 2.00 bits per heavy atom. The standard InChI is InChI=1S/C29H34F2N6O/c1-5-8-19-13-25(32-16-19)33-26-15-27(37-10-9-20(17-37)36(6-2)7-3)35-29(34-26)38-24-14-23(30)21-11-18(4)12-22(21)28(24)31/h5,8,12-15,20H,6-7,9-11,16-17H2,1-4H3,(H,32,33,34,35)/b8-5+. The van der Waals surface area contributed by atoms with E-state index >= 15 is 4.39 Å². The van der Waals surface area contributed by atoms with Crippen LogP contribution in [0.25, 0.3) is 6.08 Å². The van der Waals surface area contributed by atoms with E-state index in [0.717, 1.165) is 49.8 Å². The van der Waals surface area contributed by atoms with Gasteiger partial charge in [-0.1, -0.05) is 37.6 Å². The number of likely N-dealkylation sites (N-methyl/N-ethyl adjacent to an activating group) is 1. The van der Waals surface area contributed by atoms with Crippen LogP contribution in [0.3, 0.4) is 0 Å². The zero-order valence-electron chi connectivity index (χ0n) is 22.4. The number of rotatable bonds is 8. The van der Waals surface area contributed by atoms with E-state index in [9.17, 15) is 4.39 Å². The molecule has 2 aliphatic heterocycles. The molecule has 0 saturated carbocycles. The summed E-state index contributed by atoms with van der Waals surface area (Å²) in [6, 6.07) is 3.31. The Labute approximate surface area is 222 Å². The molecular formula is C29H34F2N6O. The summed E-state index contributed by atoms with van der Waals surface area (Å²) in [5.74, 6) is 0.482. The van der Waals surface area contributed by atoms with E-state index in [1.807, 2.05) is 38.1 Å². The van der Waals surface area contributed by atoms with Crippen molar-refractivity contribution in [1.82, 2.24) is 14.9 Å². The SMILES string of the molecule is C/C=C/C1=CC(Nc2cc(N3CCC(N(CC)CC)C3)nc(Oc3cc(F)c4c(c3F)C=C(C)C4)n2)=NC1. The molecule has 0 radical (unpaired) electrons. The van der Waals surface area contributed by atoms with Gasteiger partial charge in [0, 0.05) is 42.4 Å². The number of nitrogens with zero attached hydrogens (tertiary/aromatic N) is 5. The Hall–Kier alpha value is -3.59. The normalized spacial score (nSPS) is 18.8. The summed E-state index contributed by atoms with van der Waals surface area (Å²) in [4.78, 5) is 18.3. The molecule has 1 atom stereocenters. The summed E-state index contributed by atoms with van der Waals surface area (Å²) < 4.78 is 35.9. The molecule has 3 heterocycles. The Bertz CT molecular complexity index is 1350. The maximum absolute atomic E-state index is 15.3. The molecule has 2 aromatic rings. The molecule has 1 N–H and O–H groups in total. The van der Waals surface area contributed by atoms with Crippen molar-refractivity contribution in [3.63, 3.8) is 0 Å². The number of anilines is 2. The lowest BCUT2D eigenvalue weighted by Crippen LogP contribution is -2.37. The van der Waals surface area contributed by atoms with E-state index in [4.69, 9.17) is 4.74 Å². The van der Waals surface area contributed by atoms with Gasteiger partial charge in [-0.15, -0.1) is 0 Å². The highest BCUT2D eigenvalue weighted by Gasteiger charge is 2.29. The van der Waals surface area contributed by atoms with Crippen molar-refractivity contribution >= 4 is 23.5 Å². The number of aliphatic imine (C=N–C) groups is 1. The van der Waals surface area contributed by atoms with Gasteiger partial charge < -0.3 is 15.0 Å². The number of hydrogen-bond acceptors (Lipinski definition) is 7. The van der Waals surface area contributed by atoms with Crippen LogP contribution in [0.2, 0.25) is 0 Å². The molecule has 1 fully saturated rings. The Balaban J connectivity index is 1.46. The molecule has 0 amide bonds. The second-order valence-electron chi connectivity index (χ2n) is 9.88. The van der Waals surface area contributed by atoms with Gasteiger partial charge in [0.2, 0.25) is 0 Å². The third kappa shape index (κ3) is 5.34. The fourth-order valence-corrected chi connectivity index (χ4v) is 5.38. The Morgan fingerprint density at radius 3 is 2.76 bits per heavy atom. The van der Waals surface area contributed by atoms with Crippen LogP contribution in [0, 0.1) is 11.6 Å². The van der Waals surface area contributed by atoms with Gasteiger partial charge >= 0.3 is 6.01 Å². The summed E-state index contributed by atoms with van der Waals surface area (Å²) in [5, 5.41) is 3.24. The molecule has 1 unspecified atom stereocenters.